The largest absolute Gasteiger partial charge is 0.496 e. The van der Waals surface area contributed by atoms with Crippen LogP contribution in [-0.4, -0.2) is 50.3 Å². The molecular formula is C18H26N2O4. The van der Waals surface area contributed by atoms with Crippen LogP contribution in [0.3, 0.4) is 0 Å². The van der Waals surface area contributed by atoms with Gasteiger partial charge in [0.05, 0.1) is 20.3 Å². The lowest BCUT2D eigenvalue weighted by Gasteiger charge is -2.33. The number of rotatable bonds is 4. The summed E-state index contributed by atoms with van der Waals surface area (Å²) in [6.45, 7) is 5.57. The normalized spacial score (nSPS) is 21.0. The third-order valence-corrected chi connectivity index (χ3v) is 4.46. The zero-order valence-corrected chi connectivity index (χ0v) is 14.5. The molecule has 0 unspecified atom stereocenters. The molecule has 132 valence electrons. The number of likely N-dealkylation sites (tertiary alicyclic amines) is 1. The molecule has 0 radical (unpaired) electrons. The first kappa shape index (κ1) is 16.9. The van der Waals surface area contributed by atoms with Crippen LogP contribution in [0.4, 0.5) is 0 Å². The Morgan fingerprint density at radius 1 is 1.29 bits per heavy atom. The van der Waals surface area contributed by atoms with Crippen molar-refractivity contribution < 1.29 is 19.0 Å². The number of benzene rings is 1. The van der Waals surface area contributed by atoms with E-state index in [0.29, 0.717) is 13.2 Å². The molecule has 1 atom stereocenters. The van der Waals surface area contributed by atoms with E-state index in [0.717, 1.165) is 61.7 Å². The maximum absolute atomic E-state index is 11.3. The number of fused-ring (bicyclic) bond motifs is 1. The van der Waals surface area contributed by atoms with E-state index in [1.165, 1.54) is 0 Å². The Balaban J connectivity index is 1.74. The number of nitrogens with zero attached hydrogens (tertiary/aromatic N) is 1. The number of hydrogen-bond donors (Lipinski definition) is 1. The Kier molecular flexibility index (Phi) is 5.45. The van der Waals surface area contributed by atoms with Crippen molar-refractivity contribution in [2.45, 2.75) is 38.8 Å². The van der Waals surface area contributed by atoms with Gasteiger partial charge in [-0.3, -0.25) is 9.69 Å². The third-order valence-electron chi connectivity index (χ3n) is 4.46. The van der Waals surface area contributed by atoms with Crippen molar-refractivity contribution in [1.29, 1.82) is 0 Å². The molecule has 6 heteroatoms. The lowest BCUT2D eigenvalue weighted by atomic mass is 10.0. The highest BCUT2D eigenvalue weighted by Gasteiger charge is 2.23. The van der Waals surface area contributed by atoms with Gasteiger partial charge in [0.15, 0.2) is 11.5 Å². The van der Waals surface area contributed by atoms with Crippen molar-refractivity contribution in [2.24, 2.45) is 0 Å². The molecule has 1 amide bonds. The topological polar surface area (TPSA) is 60.0 Å². The maximum Gasteiger partial charge on any atom is 0.217 e. The van der Waals surface area contributed by atoms with Crippen molar-refractivity contribution in [3.63, 3.8) is 0 Å². The zero-order valence-electron chi connectivity index (χ0n) is 14.5. The molecule has 24 heavy (non-hydrogen) atoms. The smallest absolute Gasteiger partial charge is 0.217 e. The molecule has 0 bridgehead atoms. The SMILES string of the molecule is COc1cc2c(cc1CN1CCC[C@@H](NC(C)=O)C1)OCCCO2. The van der Waals surface area contributed by atoms with Gasteiger partial charge in [-0.25, -0.2) is 0 Å². The van der Waals surface area contributed by atoms with Crippen molar-refractivity contribution in [1.82, 2.24) is 10.2 Å². The van der Waals surface area contributed by atoms with Gasteiger partial charge in [-0.1, -0.05) is 0 Å². The summed E-state index contributed by atoms with van der Waals surface area (Å²) in [5.41, 5.74) is 1.09. The lowest BCUT2D eigenvalue weighted by Crippen LogP contribution is -2.46. The average molecular weight is 334 g/mol. The second-order valence-corrected chi connectivity index (χ2v) is 6.44. The molecular weight excluding hydrogens is 308 g/mol. The first-order chi connectivity index (χ1) is 11.7. The van der Waals surface area contributed by atoms with Crippen LogP contribution in [0.5, 0.6) is 17.2 Å². The average Bonchev–Trinajstić information content (AvgIpc) is 2.78. The van der Waals surface area contributed by atoms with Gasteiger partial charge in [-0.05, 0) is 25.5 Å². The third kappa shape index (κ3) is 4.12. The number of hydrogen-bond acceptors (Lipinski definition) is 5. The Bertz CT molecular complexity index is 591. The number of methoxy groups -OCH3 is 1. The van der Waals surface area contributed by atoms with Crippen LogP contribution in [0.15, 0.2) is 12.1 Å². The van der Waals surface area contributed by atoms with E-state index in [4.69, 9.17) is 14.2 Å². The summed E-state index contributed by atoms with van der Waals surface area (Å²) in [5.74, 6) is 2.40. The van der Waals surface area contributed by atoms with Gasteiger partial charge in [-0.2, -0.15) is 0 Å². The fourth-order valence-corrected chi connectivity index (χ4v) is 3.39. The summed E-state index contributed by atoms with van der Waals surface area (Å²) in [4.78, 5) is 13.6. The fourth-order valence-electron chi connectivity index (χ4n) is 3.39. The van der Waals surface area contributed by atoms with Crippen LogP contribution in [0, 0.1) is 0 Å². The summed E-state index contributed by atoms with van der Waals surface area (Å²) >= 11 is 0. The zero-order chi connectivity index (χ0) is 16.9. The van der Waals surface area contributed by atoms with E-state index in [1.807, 2.05) is 12.1 Å². The highest BCUT2D eigenvalue weighted by molar-refractivity contribution is 5.73. The predicted molar refractivity (Wildman–Crippen MR) is 90.7 cm³/mol. The second kappa shape index (κ2) is 7.75. The minimum Gasteiger partial charge on any atom is -0.496 e. The summed E-state index contributed by atoms with van der Waals surface area (Å²) in [5, 5.41) is 3.03. The van der Waals surface area contributed by atoms with E-state index < -0.39 is 0 Å². The van der Waals surface area contributed by atoms with Gasteiger partial charge in [0, 0.05) is 44.1 Å². The number of amides is 1. The summed E-state index contributed by atoms with van der Waals surface area (Å²) in [6.07, 6.45) is 3.00. The standard InChI is InChI=1S/C18H26N2O4/c1-13(21)19-15-5-3-6-20(12-15)11-14-9-17-18(10-16(14)22-2)24-8-4-7-23-17/h9-10,15H,3-8,11-12H2,1-2H3,(H,19,21)/t15-/m1/s1. The highest BCUT2D eigenvalue weighted by Crippen LogP contribution is 2.37. The van der Waals surface area contributed by atoms with Crippen LogP contribution in [0.1, 0.15) is 31.7 Å². The molecule has 0 spiro atoms. The molecule has 0 saturated carbocycles. The molecule has 3 rings (SSSR count). The van der Waals surface area contributed by atoms with Gasteiger partial charge in [0.1, 0.15) is 5.75 Å². The van der Waals surface area contributed by atoms with E-state index in [2.05, 4.69) is 10.2 Å². The highest BCUT2D eigenvalue weighted by atomic mass is 16.5. The van der Waals surface area contributed by atoms with Crippen LogP contribution >= 0.6 is 0 Å². The van der Waals surface area contributed by atoms with Crippen molar-refractivity contribution >= 4 is 5.91 Å². The summed E-state index contributed by atoms with van der Waals surface area (Å²) in [6, 6.07) is 4.18. The Morgan fingerprint density at radius 3 is 2.75 bits per heavy atom. The van der Waals surface area contributed by atoms with E-state index in [9.17, 15) is 4.79 Å². The summed E-state index contributed by atoms with van der Waals surface area (Å²) < 4.78 is 17.1. The first-order valence-electron chi connectivity index (χ1n) is 8.61. The molecule has 2 heterocycles. The van der Waals surface area contributed by atoms with Crippen molar-refractivity contribution in [2.75, 3.05) is 33.4 Å². The molecule has 1 N–H and O–H groups in total. The van der Waals surface area contributed by atoms with Crippen LogP contribution in [0.2, 0.25) is 0 Å². The van der Waals surface area contributed by atoms with Crippen LogP contribution in [0.25, 0.3) is 0 Å². The molecule has 1 saturated heterocycles. The molecule has 1 aromatic rings. The summed E-state index contributed by atoms with van der Waals surface area (Å²) in [7, 11) is 1.68. The molecule has 0 aromatic heterocycles. The molecule has 1 aromatic carbocycles. The van der Waals surface area contributed by atoms with E-state index in [1.54, 1.807) is 14.0 Å². The Labute approximate surface area is 143 Å². The maximum atomic E-state index is 11.3. The lowest BCUT2D eigenvalue weighted by molar-refractivity contribution is -0.120. The minimum atomic E-state index is 0.0370. The number of carbonyl (C=O) groups is 1. The number of piperidine rings is 1. The number of carbonyl (C=O) groups excluding carboxylic acids is 1. The second-order valence-electron chi connectivity index (χ2n) is 6.44. The van der Waals surface area contributed by atoms with Crippen LogP contribution < -0.4 is 19.5 Å². The Morgan fingerprint density at radius 2 is 2.04 bits per heavy atom. The van der Waals surface area contributed by atoms with E-state index in [-0.39, 0.29) is 11.9 Å². The molecule has 2 aliphatic rings. The van der Waals surface area contributed by atoms with Gasteiger partial charge >= 0.3 is 0 Å². The number of ether oxygens (including phenoxy) is 3. The Hall–Kier alpha value is -1.95. The predicted octanol–water partition coefficient (Wildman–Crippen LogP) is 1.96. The molecule has 2 aliphatic heterocycles. The van der Waals surface area contributed by atoms with Crippen molar-refractivity contribution in [3.8, 4) is 17.2 Å². The molecule has 0 aliphatic carbocycles. The minimum absolute atomic E-state index is 0.0370. The van der Waals surface area contributed by atoms with Crippen molar-refractivity contribution in [3.05, 3.63) is 17.7 Å². The van der Waals surface area contributed by atoms with Gasteiger partial charge in [-0.15, -0.1) is 0 Å². The van der Waals surface area contributed by atoms with Gasteiger partial charge < -0.3 is 19.5 Å². The number of nitrogens with one attached hydrogen (secondary N) is 1. The van der Waals surface area contributed by atoms with Gasteiger partial charge in [0.2, 0.25) is 5.91 Å². The molecule has 6 nitrogen and oxygen atoms in total. The molecule has 1 fully saturated rings. The first-order valence-corrected chi connectivity index (χ1v) is 8.61. The van der Waals surface area contributed by atoms with Crippen LogP contribution in [-0.2, 0) is 11.3 Å². The monoisotopic (exact) mass is 334 g/mol. The van der Waals surface area contributed by atoms with Gasteiger partial charge in [0.25, 0.3) is 0 Å². The quantitative estimate of drug-likeness (QED) is 0.912. The van der Waals surface area contributed by atoms with E-state index >= 15 is 0 Å². The fraction of sp³-hybridized carbons (Fsp3) is 0.611.